The number of nitrogens with two attached hydrogens (primary N) is 1. The number of anilines is 1. The first-order chi connectivity index (χ1) is 9.88. The molecule has 1 aromatic rings. The number of benzene rings is 1. The molecule has 118 valence electrons. The van der Waals surface area contributed by atoms with Crippen molar-refractivity contribution in [3.05, 3.63) is 23.2 Å². The van der Waals surface area contributed by atoms with E-state index >= 15 is 0 Å². The van der Waals surface area contributed by atoms with Crippen molar-refractivity contribution in [1.29, 1.82) is 0 Å². The van der Waals surface area contributed by atoms with Crippen molar-refractivity contribution < 1.29 is 4.79 Å². The first kappa shape index (κ1) is 18.2. The lowest BCUT2D eigenvalue weighted by atomic mass is 10.0. The van der Waals surface area contributed by atoms with Gasteiger partial charge in [-0.25, -0.2) is 0 Å². The van der Waals surface area contributed by atoms with E-state index in [0.29, 0.717) is 16.5 Å². The van der Waals surface area contributed by atoms with E-state index in [9.17, 15) is 4.79 Å². The number of thioether (sulfide) groups is 1. The summed E-state index contributed by atoms with van der Waals surface area (Å²) < 4.78 is 0. The molecule has 0 heterocycles. The van der Waals surface area contributed by atoms with Gasteiger partial charge in [-0.15, -0.1) is 11.8 Å². The van der Waals surface area contributed by atoms with Crippen LogP contribution in [0.4, 0.5) is 5.69 Å². The third-order valence-corrected chi connectivity index (χ3v) is 4.48. The average Bonchev–Trinajstić information content (AvgIpc) is 2.37. The fourth-order valence-corrected chi connectivity index (χ4v) is 2.96. The fraction of sp³-hybridized carbons (Fsp3) is 0.562. The van der Waals surface area contributed by atoms with Crippen LogP contribution in [0, 0.1) is 5.92 Å². The van der Waals surface area contributed by atoms with Crippen LogP contribution in [0.3, 0.4) is 0 Å². The van der Waals surface area contributed by atoms with Gasteiger partial charge in [-0.2, -0.15) is 0 Å². The van der Waals surface area contributed by atoms with Crippen molar-refractivity contribution in [3.63, 3.8) is 0 Å². The molecule has 21 heavy (non-hydrogen) atoms. The number of rotatable bonds is 8. The highest BCUT2D eigenvalue weighted by atomic mass is 35.5. The monoisotopic (exact) mass is 328 g/mol. The van der Waals surface area contributed by atoms with Crippen LogP contribution in [-0.2, 0) is 4.79 Å². The summed E-state index contributed by atoms with van der Waals surface area (Å²) in [7, 11) is 0. The number of carbonyl (C=O) groups excluding carboxylic acids is 1. The summed E-state index contributed by atoms with van der Waals surface area (Å²) in [6, 6.07) is 5.56. The number of carbonyl (C=O) groups is 1. The molecule has 0 saturated heterocycles. The molecule has 0 aliphatic heterocycles. The van der Waals surface area contributed by atoms with Gasteiger partial charge in [0, 0.05) is 21.6 Å². The first-order valence-corrected chi connectivity index (χ1v) is 8.72. The molecule has 0 aliphatic carbocycles. The Kier molecular flexibility index (Phi) is 7.97. The number of amides is 1. The van der Waals surface area contributed by atoms with Crippen molar-refractivity contribution >= 4 is 35.0 Å². The number of halogens is 1. The molecule has 3 N–H and O–H groups in total. The molecule has 1 rings (SSSR count). The van der Waals surface area contributed by atoms with Gasteiger partial charge < -0.3 is 11.1 Å². The summed E-state index contributed by atoms with van der Waals surface area (Å²) >= 11 is 7.29. The fourth-order valence-electron chi connectivity index (χ4n) is 2.02. The summed E-state index contributed by atoms with van der Waals surface area (Å²) in [4.78, 5) is 12.8. The number of hydrogen-bond donors (Lipinski definition) is 2. The molecule has 0 aromatic heterocycles. The molecule has 1 atom stereocenters. The van der Waals surface area contributed by atoms with E-state index in [2.05, 4.69) is 26.1 Å². The topological polar surface area (TPSA) is 55.1 Å². The van der Waals surface area contributed by atoms with Crippen LogP contribution in [0.25, 0.3) is 0 Å². The Morgan fingerprint density at radius 1 is 1.33 bits per heavy atom. The molecule has 1 unspecified atom stereocenters. The lowest BCUT2D eigenvalue weighted by Gasteiger charge is -2.14. The molecule has 1 amide bonds. The third-order valence-electron chi connectivity index (χ3n) is 3.16. The van der Waals surface area contributed by atoms with E-state index < -0.39 is 0 Å². The average molecular weight is 329 g/mol. The van der Waals surface area contributed by atoms with Gasteiger partial charge in [0.05, 0.1) is 5.75 Å². The predicted molar refractivity (Wildman–Crippen MR) is 92.9 cm³/mol. The van der Waals surface area contributed by atoms with E-state index in [0.717, 1.165) is 23.7 Å². The second-order valence-electron chi connectivity index (χ2n) is 5.76. The summed E-state index contributed by atoms with van der Waals surface area (Å²) in [6.45, 7) is 6.49. The van der Waals surface area contributed by atoms with Crippen LogP contribution in [0.1, 0.15) is 40.0 Å². The molecule has 1 aromatic carbocycles. The number of nitrogens with one attached hydrogen (secondary N) is 1. The molecule has 3 nitrogen and oxygen atoms in total. The molecule has 0 radical (unpaired) electrons. The van der Waals surface area contributed by atoms with Crippen molar-refractivity contribution in [1.82, 2.24) is 5.32 Å². The molecule has 0 fully saturated rings. The Balaban J connectivity index is 2.30. The first-order valence-electron chi connectivity index (χ1n) is 7.35. The summed E-state index contributed by atoms with van der Waals surface area (Å²) in [5.74, 6) is 1.14. The van der Waals surface area contributed by atoms with E-state index in [1.54, 1.807) is 12.1 Å². The third kappa shape index (κ3) is 7.63. The molecule has 0 bridgehead atoms. The standard InChI is InChI=1S/C16H25ClN2OS/c1-11(2)5-4-6-12(3)19-16(20)10-21-15-8-7-13(17)9-14(15)18/h7-9,11-12H,4-6,10,18H2,1-3H3,(H,19,20). The highest BCUT2D eigenvalue weighted by Crippen LogP contribution is 2.27. The molecular weight excluding hydrogens is 304 g/mol. The van der Waals surface area contributed by atoms with Gasteiger partial charge in [-0.3, -0.25) is 4.79 Å². The Morgan fingerprint density at radius 3 is 2.67 bits per heavy atom. The van der Waals surface area contributed by atoms with Gasteiger partial charge in [0.25, 0.3) is 0 Å². The Morgan fingerprint density at radius 2 is 2.05 bits per heavy atom. The summed E-state index contributed by atoms with van der Waals surface area (Å²) in [5.41, 5.74) is 6.48. The SMILES string of the molecule is CC(C)CCCC(C)NC(=O)CSc1ccc(Cl)cc1N. The van der Waals surface area contributed by atoms with Gasteiger partial charge in [0.1, 0.15) is 0 Å². The largest absolute Gasteiger partial charge is 0.398 e. The second-order valence-corrected chi connectivity index (χ2v) is 7.22. The number of nitrogen functional groups attached to an aromatic ring is 1. The van der Waals surface area contributed by atoms with Gasteiger partial charge in [0.2, 0.25) is 5.91 Å². The summed E-state index contributed by atoms with van der Waals surface area (Å²) in [5, 5.41) is 3.64. The van der Waals surface area contributed by atoms with Gasteiger partial charge in [0.15, 0.2) is 0 Å². The van der Waals surface area contributed by atoms with Crippen molar-refractivity contribution in [2.24, 2.45) is 5.92 Å². The molecule has 0 spiro atoms. The maximum absolute atomic E-state index is 11.9. The highest BCUT2D eigenvalue weighted by molar-refractivity contribution is 8.00. The zero-order chi connectivity index (χ0) is 15.8. The van der Waals surface area contributed by atoms with E-state index in [1.807, 2.05) is 6.07 Å². The predicted octanol–water partition coefficient (Wildman–Crippen LogP) is 4.35. The van der Waals surface area contributed by atoms with Crippen LogP contribution < -0.4 is 11.1 Å². The van der Waals surface area contributed by atoms with Crippen molar-refractivity contribution in [3.8, 4) is 0 Å². The van der Waals surface area contributed by atoms with Crippen molar-refractivity contribution in [2.75, 3.05) is 11.5 Å². The van der Waals surface area contributed by atoms with Gasteiger partial charge >= 0.3 is 0 Å². The minimum absolute atomic E-state index is 0.0476. The van der Waals surface area contributed by atoms with Crippen molar-refractivity contribution in [2.45, 2.75) is 51.0 Å². The molecule has 0 saturated carbocycles. The Labute approximate surface area is 137 Å². The summed E-state index contributed by atoms with van der Waals surface area (Å²) in [6.07, 6.45) is 3.38. The van der Waals surface area contributed by atoms with Crippen LogP contribution in [0.2, 0.25) is 5.02 Å². The Bertz CT molecular complexity index is 466. The molecule has 5 heteroatoms. The lowest BCUT2D eigenvalue weighted by molar-refractivity contribution is -0.119. The van der Waals surface area contributed by atoms with E-state index in [4.69, 9.17) is 17.3 Å². The minimum atomic E-state index is 0.0476. The molecule has 0 aliphatic rings. The maximum Gasteiger partial charge on any atom is 0.230 e. The maximum atomic E-state index is 11.9. The lowest BCUT2D eigenvalue weighted by Crippen LogP contribution is -2.33. The van der Waals surface area contributed by atoms with Crippen LogP contribution in [-0.4, -0.2) is 17.7 Å². The smallest absolute Gasteiger partial charge is 0.230 e. The zero-order valence-corrected chi connectivity index (χ0v) is 14.6. The second kappa shape index (κ2) is 9.21. The quantitative estimate of drug-likeness (QED) is 0.551. The van der Waals surface area contributed by atoms with Gasteiger partial charge in [-0.05, 0) is 37.5 Å². The van der Waals surface area contributed by atoms with Crippen LogP contribution in [0.5, 0.6) is 0 Å². The highest BCUT2D eigenvalue weighted by Gasteiger charge is 2.09. The van der Waals surface area contributed by atoms with E-state index in [1.165, 1.54) is 18.2 Å². The van der Waals surface area contributed by atoms with E-state index in [-0.39, 0.29) is 11.9 Å². The normalized spacial score (nSPS) is 12.4. The molecular formula is C16H25ClN2OS. The van der Waals surface area contributed by atoms with Gasteiger partial charge in [-0.1, -0.05) is 38.3 Å². The van der Waals surface area contributed by atoms with Crippen LogP contribution in [0.15, 0.2) is 23.1 Å². The minimum Gasteiger partial charge on any atom is -0.398 e. The Hall–Kier alpha value is -0.870. The zero-order valence-electron chi connectivity index (χ0n) is 13.0. The number of hydrogen-bond acceptors (Lipinski definition) is 3. The van der Waals surface area contributed by atoms with Crippen LogP contribution >= 0.6 is 23.4 Å².